The van der Waals surface area contributed by atoms with E-state index in [1.165, 1.54) is 16.7 Å². The molecule has 21 heavy (non-hydrogen) atoms. The Balaban J connectivity index is 1.94. The van der Waals surface area contributed by atoms with Crippen molar-refractivity contribution >= 4 is 29.4 Å². The number of hydrogen-bond donors (Lipinski definition) is 2. The van der Waals surface area contributed by atoms with Crippen LogP contribution in [-0.4, -0.2) is 46.3 Å². The number of urea groups is 1. The van der Waals surface area contributed by atoms with Crippen molar-refractivity contribution in [3.8, 4) is 5.75 Å². The summed E-state index contributed by atoms with van der Waals surface area (Å²) in [6.07, 6.45) is 0.932. The molecular formula is C14H18N2O4S. The van der Waals surface area contributed by atoms with E-state index in [-0.39, 0.29) is 0 Å². The lowest BCUT2D eigenvalue weighted by atomic mass is 10.3. The summed E-state index contributed by atoms with van der Waals surface area (Å²) in [7, 11) is 0. The van der Waals surface area contributed by atoms with Crippen molar-refractivity contribution in [2.24, 2.45) is 0 Å². The maximum atomic E-state index is 12.1. The second-order valence-electron chi connectivity index (χ2n) is 4.63. The van der Waals surface area contributed by atoms with Gasteiger partial charge in [-0.3, -0.25) is 0 Å². The van der Waals surface area contributed by atoms with E-state index < -0.39 is 18.0 Å². The number of amides is 2. The molecule has 0 aliphatic carbocycles. The highest BCUT2D eigenvalue weighted by Crippen LogP contribution is 2.23. The average Bonchev–Trinajstić information content (AvgIpc) is 2.96. The van der Waals surface area contributed by atoms with E-state index in [0.29, 0.717) is 23.9 Å². The first-order chi connectivity index (χ1) is 10.1. The van der Waals surface area contributed by atoms with Gasteiger partial charge in [0.2, 0.25) is 0 Å². The largest absolute Gasteiger partial charge is 0.494 e. The van der Waals surface area contributed by atoms with Gasteiger partial charge in [-0.1, -0.05) is 6.92 Å². The molecule has 1 aliphatic heterocycles. The summed E-state index contributed by atoms with van der Waals surface area (Å²) in [5, 5.41) is 11.8. The van der Waals surface area contributed by atoms with Crippen LogP contribution in [0.15, 0.2) is 24.3 Å². The van der Waals surface area contributed by atoms with Crippen LogP contribution in [0.5, 0.6) is 5.75 Å². The molecule has 1 aromatic carbocycles. The summed E-state index contributed by atoms with van der Waals surface area (Å²) < 4.78 is 5.46. The Morgan fingerprint density at radius 3 is 2.76 bits per heavy atom. The van der Waals surface area contributed by atoms with Gasteiger partial charge in [0, 0.05) is 11.4 Å². The lowest BCUT2D eigenvalue weighted by Gasteiger charge is -2.20. The summed E-state index contributed by atoms with van der Waals surface area (Å²) in [4.78, 5) is 24.5. The summed E-state index contributed by atoms with van der Waals surface area (Å²) >= 11 is 1.43. The van der Waals surface area contributed by atoms with E-state index in [1.807, 2.05) is 6.92 Å². The number of nitrogens with one attached hydrogen (secondary N) is 1. The van der Waals surface area contributed by atoms with Gasteiger partial charge >= 0.3 is 12.0 Å². The minimum atomic E-state index is -0.974. The van der Waals surface area contributed by atoms with E-state index in [9.17, 15) is 9.59 Å². The predicted octanol–water partition coefficient (Wildman–Crippen LogP) is 2.47. The molecule has 1 unspecified atom stereocenters. The van der Waals surface area contributed by atoms with E-state index in [2.05, 4.69) is 5.32 Å². The normalized spacial score (nSPS) is 17.6. The number of benzene rings is 1. The van der Waals surface area contributed by atoms with Crippen molar-refractivity contribution in [1.82, 2.24) is 4.90 Å². The van der Waals surface area contributed by atoms with Gasteiger partial charge < -0.3 is 20.1 Å². The van der Waals surface area contributed by atoms with Crippen molar-refractivity contribution in [1.29, 1.82) is 0 Å². The minimum absolute atomic E-state index is 0.389. The summed E-state index contributed by atoms with van der Waals surface area (Å²) in [5.41, 5.74) is 0.616. The molecule has 1 fully saturated rings. The van der Waals surface area contributed by atoms with E-state index in [4.69, 9.17) is 9.84 Å². The predicted molar refractivity (Wildman–Crippen MR) is 81.8 cm³/mol. The van der Waals surface area contributed by atoms with Gasteiger partial charge in [0.1, 0.15) is 11.8 Å². The summed E-state index contributed by atoms with van der Waals surface area (Å²) in [6, 6.07) is 5.87. The third kappa shape index (κ3) is 4.04. The van der Waals surface area contributed by atoms with Crippen LogP contribution in [0.1, 0.15) is 13.3 Å². The van der Waals surface area contributed by atoms with Crippen LogP contribution >= 0.6 is 11.8 Å². The van der Waals surface area contributed by atoms with Gasteiger partial charge in [-0.25, -0.2) is 9.59 Å². The number of carbonyl (C=O) groups excluding carboxylic acids is 1. The first kappa shape index (κ1) is 15.5. The Kier molecular flexibility index (Phi) is 5.32. The molecule has 0 aromatic heterocycles. The number of anilines is 1. The molecule has 0 radical (unpaired) electrons. The highest BCUT2D eigenvalue weighted by molar-refractivity contribution is 7.99. The van der Waals surface area contributed by atoms with Gasteiger partial charge in [-0.2, -0.15) is 0 Å². The summed E-state index contributed by atoms with van der Waals surface area (Å²) in [6.45, 7) is 2.68. The number of carboxylic acids is 1. The van der Waals surface area contributed by atoms with Crippen LogP contribution in [0.25, 0.3) is 0 Å². The zero-order valence-electron chi connectivity index (χ0n) is 11.7. The molecule has 1 atom stereocenters. The van der Waals surface area contributed by atoms with Crippen molar-refractivity contribution in [3.05, 3.63) is 24.3 Å². The molecule has 0 spiro atoms. The lowest BCUT2D eigenvalue weighted by molar-refractivity contribution is -0.140. The fourth-order valence-electron chi connectivity index (χ4n) is 1.90. The smallest absolute Gasteiger partial charge is 0.327 e. The van der Waals surface area contributed by atoms with E-state index in [0.717, 1.165) is 12.2 Å². The first-order valence-corrected chi connectivity index (χ1v) is 7.88. The van der Waals surface area contributed by atoms with Crippen LogP contribution in [0.4, 0.5) is 10.5 Å². The Hall–Kier alpha value is -1.89. The Labute approximate surface area is 127 Å². The molecule has 6 nitrogen and oxygen atoms in total. The fraction of sp³-hybridized carbons (Fsp3) is 0.429. The molecule has 2 rings (SSSR count). The number of carboxylic acid groups (broad SMARTS) is 1. The SMILES string of the molecule is CCCOc1ccc(NC(=O)N2CSCC2C(=O)O)cc1. The molecule has 2 amide bonds. The first-order valence-electron chi connectivity index (χ1n) is 6.73. The topological polar surface area (TPSA) is 78.9 Å². The number of nitrogens with zero attached hydrogens (tertiary/aromatic N) is 1. The van der Waals surface area contributed by atoms with Crippen LogP contribution in [0.3, 0.4) is 0 Å². The molecular weight excluding hydrogens is 292 g/mol. The highest BCUT2D eigenvalue weighted by atomic mass is 32.2. The van der Waals surface area contributed by atoms with Gasteiger partial charge in [-0.15, -0.1) is 11.8 Å². The van der Waals surface area contributed by atoms with Crippen molar-refractivity contribution in [2.45, 2.75) is 19.4 Å². The van der Waals surface area contributed by atoms with E-state index >= 15 is 0 Å². The molecule has 1 heterocycles. The van der Waals surface area contributed by atoms with Crippen molar-refractivity contribution in [2.75, 3.05) is 23.6 Å². The standard InChI is InChI=1S/C14H18N2O4S/c1-2-7-20-11-5-3-10(4-6-11)15-14(19)16-9-21-8-12(16)13(17)18/h3-6,12H,2,7-9H2,1H3,(H,15,19)(H,17,18). The number of aliphatic carboxylic acids is 1. The molecule has 7 heteroatoms. The third-order valence-electron chi connectivity index (χ3n) is 3.01. The van der Waals surface area contributed by atoms with Gasteiger partial charge in [0.15, 0.2) is 0 Å². The number of ether oxygens (including phenoxy) is 1. The zero-order chi connectivity index (χ0) is 15.2. The Morgan fingerprint density at radius 1 is 1.43 bits per heavy atom. The second kappa shape index (κ2) is 7.21. The van der Waals surface area contributed by atoms with Gasteiger partial charge in [-0.05, 0) is 30.7 Å². The zero-order valence-corrected chi connectivity index (χ0v) is 12.6. The summed E-state index contributed by atoms with van der Waals surface area (Å²) in [5.74, 6) is 0.584. The van der Waals surface area contributed by atoms with Gasteiger partial charge in [0.25, 0.3) is 0 Å². The lowest BCUT2D eigenvalue weighted by Crippen LogP contribution is -2.43. The number of rotatable bonds is 5. The maximum Gasteiger partial charge on any atom is 0.327 e. The molecule has 0 saturated carbocycles. The maximum absolute atomic E-state index is 12.1. The monoisotopic (exact) mass is 310 g/mol. The Bertz CT molecular complexity index is 506. The number of hydrogen-bond acceptors (Lipinski definition) is 4. The van der Waals surface area contributed by atoms with Crippen LogP contribution in [0.2, 0.25) is 0 Å². The van der Waals surface area contributed by atoms with E-state index in [1.54, 1.807) is 24.3 Å². The van der Waals surface area contributed by atoms with Crippen molar-refractivity contribution in [3.63, 3.8) is 0 Å². The number of thioether (sulfide) groups is 1. The number of carbonyl (C=O) groups is 2. The second-order valence-corrected chi connectivity index (χ2v) is 5.63. The van der Waals surface area contributed by atoms with Gasteiger partial charge in [0.05, 0.1) is 12.5 Å². The van der Waals surface area contributed by atoms with Crippen LogP contribution in [0, 0.1) is 0 Å². The molecule has 2 N–H and O–H groups in total. The molecule has 114 valence electrons. The molecule has 1 aromatic rings. The Morgan fingerprint density at radius 2 is 2.14 bits per heavy atom. The average molecular weight is 310 g/mol. The fourth-order valence-corrected chi connectivity index (χ4v) is 3.04. The minimum Gasteiger partial charge on any atom is -0.494 e. The van der Waals surface area contributed by atoms with Crippen LogP contribution < -0.4 is 10.1 Å². The quantitative estimate of drug-likeness (QED) is 0.873. The third-order valence-corrected chi connectivity index (χ3v) is 4.02. The molecule has 0 bridgehead atoms. The van der Waals surface area contributed by atoms with Crippen molar-refractivity contribution < 1.29 is 19.4 Å². The highest BCUT2D eigenvalue weighted by Gasteiger charge is 2.34. The molecule has 1 aliphatic rings. The molecule has 1 saturated heterocycles. The van der Waals surface area contributed by atoms with Crippen LogP contribution in [-0.2, 0) is 4.79 Å².